The van der Waals surface area contributed by atoms with Gasteiger partial charge in [-0.2, -0.15) is 0 Å². The van der Waals surface area contributed by atoms with Crippen molar-refractivity contribution in [1.82, 2.24) is 4.90 Å². The lowest BCUT2D eigenvalue weighted by Crippen LogP contribution is -2.38. The Morgan fingerprint density at radius 2 is 2.18 bits per heavy atom. The molecular formula is C11H14INO3S. The second-order valence-electron chi connectivity index (χ2n) is 3.88. The number of halogens is 1. The molecule has 6 heteroatoms. The van der Waals surface area contributed by atoms with Crippen LogP contribution in [0.15, 0.2) is 11.4 Å². The lowest BCUT2D eigenvalue weighted by atomic mass is 10.2. The van der Waals surface area contributed by atoms with E-state index in [9.17, 15) is 9.59 Å². The van der Waals surface area contributed by atoms with Crippen LogP contribution in [0, 0.1) is 2.88 Å². The van der Waals surface area contributed by atoms with Crippen LogP contribution in [0.25, 0.3) is 0 Å². The van der Waals surface area contributed by atoms with E-state index >= 15 is 0 Å². The Morgan fingerprint density at radius 3 is 2.59 bits per heavy atom. The SMILES string of the molecule is CC(C)N(CCC(=O)O)C(=O)c1csc(I)c1. The molecule has 0 aromatic carbocycles. The van der Waals surface area contributed by atoms with E-state index in [2.05, 4.69) is 22.6 Å². The van der Waals surface area contributed by atoms with Crippen molar-refractivity contribution in [1.29, 1.82) is 0 Å². The molecule has 1 rings (SSSR count). The smallest absolute Gasteiger partial charge is 0.305 e. The van der Waals surface area contributed by atoms with Gasteiger partial charge >= 0.3 is 5.97 Å². The van der Waals surface area contributed by atoms with Crippen LogP contribution in [-0.2, 0) is 4.79 Å². The van der Waals surface area contributed by atoms with Gasteiger partial charge in [-0.05, 0) is 42.5 Å². The van der Waals surface area contributed by atoms with Crippen molar-refractivity contribution in [2.75, 3.05) is 6.54 Å². The predicted octanol–water partition coefficient (Wildman–Crippen LogP) is 2.68. The topological polar surface area (TPSA) is 57.6 Å². The molecule has 4 nitrogen and oxygen atoms in total. The third-order valence-electron chi connectivity index (χ3n) is 2.27. The molecule has 0 aliphatic heterocycles. The summed E-state index contributed by atoms with van der Waals surface area (Å²) >= 11 is 3.67. The molecule has 0 aliphatic rings. The summed E-state index contributed by atoms with van der Waals surface area (Å²) in [6.45, 7) is 4.02. The fraction of sp³-hybridized carbons (Fsp3) is 0.455. The quantitative estimate of drug-likeness (QED) is 0.815. The average molecular weight is 367 g/mol. The highest BCUT2D eigenvalue weighted by molar-refractivity contribution is 14.1. The molecule has 0 spiro atoms. The molecule has 0 unspecified atom stereocenters. The van der Waals surface area contributed by atoms with Crippen LogP contribution in [0.2, 0.25) is 0 Å². The minimum atomic E-state index is -0.886. The van der Waals surface area contributed by atoms with Gasteiger partial charge in [0.15, 0.2) is 0 Å². The summed E-state index contributed by atoms with van der Waals surface area (Å²) in [7, 11) is 0. The van der Waals surface area contributed by atoms with Gasteiger partial charge in [0, 0.05) is 18.0 Å². The number of hydrogen-bond donors (Lipinski definition) is 1. The number of carboxylic acids is 1. The Balaban J connectivity index is 2.77. The second kappa shape index (κ2) is 6.34. The van der Waals surface area contributed by atoms with E-state index in [-0.39, 0.29) is 24.9 Å². The van der Waals surface area contributed by atoms with Crippen LogP contribution in [0.3, 0.4) is 0 Å². The highest BCUT2D eigenvalue weighted by Gasteiger charge is 2.20. The standard InChI is InChI=1S/C11H14INO3S/c1-7(2)13(4-3-10(14)15)11(16)8-5-9(12)17-6-8/h5-7H,3-4H2,1-2H3,(H,14,15). The zero-order chi connectivity index (χ0) is 13.0. The van der Waals surface area contributed by atoms with Crippen molar-refractivity contribution in [3.05, 3.63) is 19.9 Å². The van der Waals surface area contributed by atoms with Gasteiger partial charge in [0.1, 0.15) is 0 Å². The molecule has 1 N–H and O–H groups in total. The number of thiophene rings is 1. The summed E-state index contributed by atoms with van der Waals surface area (Å²) < 4.78 is 1.05. The molecule has 0 aliphatic carbocycles. The zero-order valence-electron chi connectivity index (χ0n) is 9.64. The van der Waals surface area contributed by atoms with Gasteiger partial charge in [0.2, 0.25) is 0 Å². The molecule has 0 fully saturated rings. The minimum absolute atomic E-state index is 0.000545. The maximum atomic E-state index is 12.1. The van der Waals surface area contributed by atoms with Gasteiger partial charge in [0.25, 0.3) is 5.91 Å². The summed E-state index contributed by atoms with van der Waals surface area (Å²) in [5, 5.41) is 10.5. The van der Waals surface area contributed by atoms with Gasteiger partial charge < -0.3 is 10.0 Å². The molecule has 1 heterocycles. The number of rotatable bonds is 5. The maximum Gasteiger partial charge on any atom is 0.305 e. The van der Waals surface area contributed by atoms with Crippen LogP contribution < -0.4 is 0 Å². The van der Waals surface area contributed by atoms with Crippen molar-refractivity contribution >= 4 is 45.8 Å². The Kier molecular flexibility index (Phi) is 5.38. The van der Waals surface area contributed by atoms with Gasteiger partial charge in [-0.25, -0.2) is 0 Å². The first-order valence-corrected chi connectivity index (χ1v) is 7.14. The molecule has 94 valence electrons. The number of carboxylic acid groups (broad SMARTS) is 1. The first-order chi connectivity index (χ1) is 7.91. The number of aliphatic carboxylic acids is 1. The van der Waals surface area contributed by atoms with E-state index in [1.165, 1.54) is 11.3 Å². The van der Waals surface area contributed by atoms with Crippen LogP contribution >= 0.6 is 33.9 Å². The average Bonchev–Trinajstić information content (AvgIpc) is 2.63. The number of amides is 1. The summed E-state index contributed by atoms with van der Waals surface area (Å²) in [4.78, 5) is 24.3. The van der Waals surface area contributed by atoms with Crippen LogP contribution in [0.5, 0.6) is 0 Å². The van der Waals surface area contributed by atoms with Crippen LogP contribution in [0.1, 0.15) is 30.6 Å². The van der Waals surface area contributed by atoms with Gasteiger partial charge in [-0.15, -0.1) is 11.3 Å². The lowest BCUT2D eigenvalue weighted by Gasteiger charge is -2.25. The lowest BCUT2D eigenvalue weighted by molar-refractivity contribution is -0.137. The molecule has 1 aromatic rings. The molecule has 1 amide bonds. The molecule has 0 radical (unpaired) electrons. The highest BCUT2D eigenvalue weighted by Crippen LogP contribution is 2.19. The molecule has 17 heavy (non-hydrogen) atoms. The van der Waals surface area contributed by atoms with Gasteiger partial charge in [-0.1, -0.05) is 0 Å². The minimum Gasteiger partial charge on any atom is -0.481 e. The Morgan fingerprint density at radius 1 is 1.53 bits per heavy atom. The van der Waals surface area contributed by atoms with Crippen molar-refractivity contribution in [3.8, 4) is 0 Å². The number of nitrogens with zero attached hydrogens (tertiary/aromatic N) is 1. The molecule has 0 saturated carbocycles. The maximum absolute atomic E-state index is 12.1. The third kappa shape index (κ3) is 4.27. The fourth-order valence-corrected chi connectivity index (χ4v) is 2.72. The third-order valence-corrected chi connectivity index (χ3v) is 4.05. The molecule has 1 aromatic heterocycles. The Labute approximate surface area is 118 Å². The van der Waals surface area contributed by atoms with Crippen molar-refractivity contribution in [2.45, 2.75) is 26.3 Å². The van der Waals surface area contributed by atoms with Gasteiger partial charge in [-0.3, -0.25) is 9.59 Å². The van der Waals surface area contributed by atoms with E-state index in [0.29, 0.717) is 5.56 Å². The molecule has 0 saturated heterocycles. The first-order valence-electron chi connectivity index (χ1n) is 5.18. The van der Waals surface area contributed by atoms with E-state index in [1.807, 2.05) is 19.9 Å². The highest BCUT2D eigenvalue weighted by atomic mass is 127. The fourth-order valence-electron chi connectivity index (χ4n) is 1.40. The summed E-state index contributed by atoms with van der Waals surface area (Å²) in [6, 6.07) is 1.82. The monoisotopic (exact) mass is 367 g/mol. The van der Waals surface area contributed by atoms with Crippen molar-refractivity contribution in [2.24, 2.45) is 0 Å². The van der Waals surface area contributed by atoms with Crippen LogP contribution in [-0.4, -0.2) is 34.5 Å². The summed E-state index contributed by atoms with van der Waals surface area (Å²) in [6.07, 6.45) is -0.0227. The van der Waals surface area contributed by atoms with Crippen molar-refractivity contribution < 1.29 is 14.7 Å². The molecular weight excluding hydrogens is 353 g/mol. The van der Waals surface area contributed by atoms with E-state index < -0.39 is 5.97 Å². The molecule has 0 bridgehead atoms. The Bertz CT molecular complexity index is 417. The summed E-state index contributed by atoms with van der Waals surface area (Å²) in [5.41, 5.74) is 0.637. The first kappa shape index (κ1) is 14.4. The molecule has 0 atom stereocenters. The normalized spacial score (nSPS) is 10.6. The predicted molar refractivity (Wildman–Crippen MR) is 75.5 cm³/mol. The number of carbonyl (C=O) groups is 2. The van der Waals surface area contributed by atoms with E-state index in [4.69, 9.17) is 5.11 Å². The van der Waals surface area contributed by atoms with Gasteiger partial charge in [0.05, 0.1) is 14.9 Å². The largest absolute Gasteiger partial charge is 0.481 e. The number of carbonyl (C=O) groups excluding carboxylic acids is 1. The second-order valence-corrected chi connectivity index (χ2v) is 6.68. The van der Waals surface area contributed by atoms with E-state index in [0.717, 1.165) is 2.88 Å². The van der Waals surface area contributed by atoms with Crippen LogP contribution in [0.4, 0.5) is 0 Å². The Hall–Kier alpha value is -0.630. The van der Waals surface area contributed by atoms with Crippen molar-refractivity contribution in [3.63, 3.8) is 0 Å². The summed E-state index contributed by atoms with van der Waals surface area (Å²) in [5.74, 6) is -0.983. The number of hydrogen-bond acceptors (Lipinski definition) is 3. The van der Waals surface area contributed by atoms with E-state index in [1.54, 1.807) is 10.3 Å². The zero-order valence-corrected chi connectivity index (χ0v) is 12.6.